The van der Waals surface area contributed by atoms with Gasteiger partial charge in [0.25, 0.3) is 0 Å². The van der Waals surface area contributed by atoms with Gasteiger partial charge in [-0.3, -0.25) is 0 Å². The summed E-state index contributed by atoms with van der Waals surface area (Å²) in [5.41, 5.74) is 1.99. The smallest absolute Gasteiger partial charge is 0.407 e. The molecule has 2 rings (SSSR count). The van der Waals surface area contributed by atoms with Crippen LogP contribution in [0, 0.1) is 12.3 Å². The zero-order valence-electron chi connectivity index (χ0n) is 11.8. The number of aliphatic hydroxyl groups is 1. The number of aryl methyl sites for hydroxylation is 1. The van der Waals surface area contributed by atoms with E-state index in [2.05, 4.69) is 6.92 Å². The van der Waals surface area contributed by atoms with Gasteiger partial charge in [-0.05, 0) is 12.4 Å². The van der Waals surface area contributed by atoms with E-state index in [1.165, 1.54) is 5.56 Å². The van der Waals surface area contributed by atoms with Gasteiger partial charge in [-0.15, -0.1) is 0 Å². The third kappa shape index (κ3) is 3.84. The van der Waals surface area contributed by atoms with Crippen LogP contribution < -0.4 is 5.46 Å². The van der Waals surface area contributed by atoms with Gasteiger partial charge in [0.15, 0.2) is 0 Å². The molecule has 0 atom stereocenters. The fraction of sp³-hybridized carbons (Fsp3) is 0.571. The molecule has 0 aliphatic carbocycles. The Bertz CT molecular complexity index is 343. The van der Waals surface area contributed by atoms with Crippen LogP contribution >= 0.6 is 0 Å². The second-order valence-corrected chi connectivity index (χ2v) is 4.83. The molecule has 1 N–H and O–H groups in total. The molecule has 1 aromatic rings. The van der Waals surface area contributed by atoms with E-state index in [1.807, 2.05) is 45.0 Å². The van der Waals surface area contributed by atoms with Gasteiger partial charge in [-0.1, -0.05) is 50.6 Å². The quantitative estimate of drug-likeness (QED) is 0.813. The molecule has 1 aliphatic rings. The van der Waals surface area contributed by atoms with Crippen molar-refractivity contribution in [2.24, 2.45) is 5.41 Å². The Kier molecular flexibility index (Phi) is 5.86. The topological polar surface area (TPSA) is 38.7 Å². The van der Waals surface area contributed by atoms with E-state index in [1.54, 1.807) is 0 Å². The van der Waals surface area contributed by atoms with E-state index in [9.17, 15) is 5.11 Å². The van der Waals surface area contributed by atoms with E-state index in [0.29, 0.717) is 13.2 Å². The maximum absolute atomic E-state index is 9.18. The van der Waals surface area contributed by atoms with Crippen molar-refractivity contribution in [2.45, 2.75) is 27.7 Å². The minimum atomic E-state index is -0.291. The third-order valence-electron chi connectivity index (χ3n) is 2.90. The number of aliphatic hydroxyl groups excluding tert-OH is 1. The average Bonchev–Trinajstić information content (AvgIpc) is 2.43. The molecule has 1 aliphatic heterocycles. The lowest BCUT2D eigenvalue weighted by molar-refractivity contribution is -0.0145. The van der Waals surface area contributed by atoms with Crippen LogP contribution in [0.25, 0.3) is 0 Å². The van der Waals surface area contributed by atoms with Crippen molar-refractivity contribution in [3.63, 3.8) is 0 Å². The fourth-order valence-electron chi connectivity index (χ4n) is 1.65. The summed E-state index contributed by atoms with van der Waals surface area (Å²) in [7, 11) is -0.291. The molecule has 4 heteroatoms. The maximum atomic E-state index is 9.18. The predicted octanol–water partition coefficient (Wildman–Crippen LogP) is 1.76. The Balaban J connectivity index is 0.000000771. The van der Waals surface area contributed by atoms with Gasteiger partial charge in [0.2, 0.25) is 0 Å². The molecular weight excluding hydrogens is 227 g/mol. The van der Waals surface area contributed by atoms with Crippen LogP contribution in [-0.4, -0.2) is 32.0 Å². The summed E-state index contributed by atoms with van der Waals surface area (Å²) in [5.74, 6) is 0. The second kappa shape index (κ2) is 6.93. The van der Waals surface area contributed by atoms with Crippen molar-refractivity contribution in [1.29, 1.82) is 0 Å². The Hall–Kier alpha value is -0.835. The molecule has 1 aromatic carbocycles. The number of rotatable bonds is 2. The van der Waals surface area contributed by atoms with Crippen molar-refractivity contribution in [2.75, 3.05) is 19.8 Å². The van der Waals surface area contributed by atoms with Crippen LogP contribution in [0.4, 0.5) is 0 Å². The number of benzene rings is 1. The molecule has 18 heavy (non-hydrogen) atoms. The average molecular weight is 250 g/mol. The van der Waals surface area contributed by atoms with E-state index in [-0.39, 0.29) is 19.1 Å². The molecule has 0 unspecified atom stereocenters. The van der Waals surface area contributed by atoms with Gasteiger partial charge in [-0.25, -0.2) is 0 Å². The molecule has 0 radical (unpaired) electrons. The first-order valence-corrected chi connectivity index (χ1v) is 6.54. The summed E-state index contributed by atoms with van der Waals surface area (Å²) < 4.78 is 11.3. The summed E-state index contributed by atoms with van der Waals surface area (Å²) in [5, 5.41) is 9.18. The summed E-state index contributed by atoms with van der Waals surface area (Å²) >= 11 is 0. The highest BCUT2D eigenvalue weighted by atomic mass is 16.6. The highest BCUT2D eigenvalue weighted by Crippen LogP contribution is 2.21. The van der Waals surface area contributed by atoms with Gasteiger partial charge in [0.1, 0.15) is 0 Å². The summed E-state index contributed by atoms with van der Waals surface area (Å²) in [6.45, 7) is 9.16. The Morgan fingerprint density at radius 3 is 2.11 bits per heavy atom. The first-order chi connectivity index (χ1) is 8.63. The monoisotopic (exact) mass is 250 g/mol. The summed E-state index contributed by atoms with van der Waals surface area (Å²) in [6.07, 6.45) is 0. The van der Waals surface area contributed by atoms with Gasteiger partial charge >= 0.3 is 7.12 Å². The molecule has 1 fully saturated rings. The van der Waals surface area contributed by atoms with Crippen molar-refractivity contribution in [1.82, 2.24) is 0 Å². The standard InChI is InChI=1S/C12H17BO3.C2H6/c1-10-3-5-11(6-4-10)13-15-8-12(2,7-14)9-16-13;1-2/h3-6,14H,7-9H2,1-2H3;1-2H3. The van der Waals surface area contributed by atoms with Gasteiger partial charge < -0.3 is 14.4 Å². The number of hydrogen-bond acceptors (Lipinski definition) is 3. The highest BCUT2D eigenvalue weighted by molar-refractivity contribution is 6.61. The molecule has 100 valence electrons. The molecule has 1 saturated heterocycles. The van der Waals surface area contributed by atoms with Crippen LogP contribution in [0.5, 0.6) is 0 Å². The van der Waals surface area contributed by atoms with Crippen molar-refractivity contribution in [3.8, 4) is 0 Å². The first kappa shape index (κ1) is 15.2. The lowest BCUT2D eigenvalue weighted by Crippen LogP contribution is -2.49. The first-order valence-electron chi connectivity index (χ1n) is 6.54. The Morgan fingerprint density at radius 1 is 1.17 bits per heavy atom. The van der Waals surface area contributed by atoms with Crippen molar-refractivity contribution < 1.29 is 14.4 Å². The summed E-state index contributed by atoms with van der Waals surface area (Å²) in [4.78, 5) is 0. The largest absolute Gasteiger partial charge is 0.493 e. The lowest BCUT2D eigenvalue weighted by Gasteiger charge is -2.34. The zero-order valence-corrected chi connectivity index (χ0v) is 11.8. The van der Waals surface area contributed by atoms with E-state index >= 15 is 0 Å². The molecule has 0 amide bonds. The maximum Gasteiger partial charge on any atom is 0.493 e. The zero-order chi connectivity index (χ0) is 13.6. The SMILES string of the molecule is CC.Cc1ccc(B2OCC(C)(CO)CO2)cc1. The Labute approximate surface area is 110 Å². The molecular formula is C14H23BO3. The van der Waals surface area contributed by atoms with Crippen molar-refractivity contribution in [3.05, 3.63) is 29.8 Å². The lowest BCUT2D eigenvalue weighted by atomic mass is 9.75. The van der Waals surface area contributed by atoms with Gasteiger partial charge in [-0.2, -0.15) is 0 Å². The van der Waals surface area contributed by atoms with E-state index in [4.69, 9.17) is 9.31 Å². The van der Waals surface area contributed by atoms with Gasteiger partial charge in [0.05, 0.1) is 6.61 Å². The second-order valence-electron chi connectivity index (χ2n) is 4.83. The minimum absolute atomic E-state index is 0.0909. The van der Waals surface area contributed by atoms with Crippen LogP contribution in [0.15, 0.2) is 24.3 Å². The summed E-state index contributed by atoms with van der Waals surface area (Å²) in [6, 6.07) is 8.12. The predicted molar refractivity (Wildman–Crippen MR) is 75.0 cm³/mol. The normalized spacial score (nSPS) is 17.9. The fourth-order valence-corrected chi connectivity index (χ4v) is 1.65. The molecule has 0 bridgehead atoms. The van der Waals surface area contributed by atoms with Crippen molar-refractivity contribution >= 4 is 12.6 Å². The van der Waals surface area contributed by atoms with E-state index in [0.717, 1.165) is 5.46 Å². The molecule has 1 heterocycles. The highest BCUT2D eigenvalue weighted by Gasteiger charge is 2.35. The van der Waals surface area contributed by atoms with Crippen LogP contribution in [0.3, 0.4) is 0 Å². The minimum Gasteiger partial charge on any atom is -0.407 e. The van der Waals surface area contributed by atoms with Crippen LogP contribution in [0.1, 0.15) is 26.3 Å². The molecule has 0 spiro atoms. The molecule has 3 nitrogen and oxygen atoms in total. The van der Waals surface area contributed by atoms with Gasteiger partial charge in [0, 0.05) is 18.6 Å². The van der Waals surface area contributed by atoms with Crippen LogP contribution in [0.2, 0.25) is 0 Å². The van der Waals surface area contributed by atoms with E-state index < -0.39 is 0 Å². The third-order valence-corrected chi connectivity index (χ3v) is 2.90. The molecule has 0 saturated carbocycles. The Morgan fingerprint density at radius 2 is 1.67 bits per heavy atom. The van der Waals surface area contributed by atoms with Crippen LogP contribution in [-0.2, 0) is 9.31 Å². The number of hydrogen-bond donors (Lipinski definition) is 1. The molecule has 0 aromatic heterocycles.